The number of fused-ring (bicyclic) bond motifs is 1. The molecule has 0 spiro atoms. The first-order valence-corrected chi connectivity index (χ1v) is 6.80. The number of hydrogen-bond acceptors (Lipinski definition) is 2. The van der Waals surface area contributed by atoms with Crippen molar-refractivity contribution in [2.24, 2.45) is 0 Å². The van der Waals surface area contributed by atoms with E-state index in [1.54, 1.807) is 0 Å². The highest BCUT2D eigenvalue weighted by atomic mass is 16.1. The normalized spacial score (nSPS) is 12.4. The predicted octanol–water partition coefficient (Wildman–Crippen LogP) is 3.42. The van der Waals surface area contributed by atoms with Crippen LogP contribution in [0.1, 0.15) is 24.9 Å². The van der Waals surface area contributed by atoms with Gasteiger partial charge >= 0.3 is 5.69 Å². The van der Waals surface area contributed by atoms with Crippen LogP contribution in [0.5, 0.6) is 0 Å². The van der Waals surface area contributed by atoms with Crippen molar-refractivity contribution in [2.45, 2.75) is 19.4 Å². The van der Waals surface area contributed by atoms with Gasteiger partial charge in [-0.3, -0.25) is 0 Å². The summed E-state index contributed by atoms with van der Waals surface area (Å²) in [7, 11) is 0. The van der Waals surface area contributed by atoms with Gasteiger partial charge in [-0.25, -0.2) is 4.79 Å². The molecular weight excluding hydrogens is 250 g/mol. The van der Waals surface area contributed by atoms with Gasteiger partial charge in [-0.05, 0) is 30.2 Å². The van der Waals surface area contributed by atoms with E-state index in [1.165, 1.54) is 5.56 Å². The van der Waals surface area contributed by atoms with Crippen molar-refractivity contribution in [2.75, 3.05) is 5.32 Å². The van der Waals surface area contributed by atoms with Gasteiger partial charge in [-0.2, -0.15) is 0 Å². The number of aromatic nitrogens is 2. The number of imidazole rings is 1. The van der Waals surface area contributed by atoms with E-state index in [0.717, 1.165) is 23.1 Å². The van der Waals surface area contributed by atoms with Gasteiger partial charge in [0.2, 0.25) is 0 Å². The van der Waals surface area contributed by atoms with Gasteiger partial charge in [-0.15, -0.1) is 0 Å². The molecule has 4 nitrogen and oxygen atoms in total. The molecule has 3 N–H and O–H groups in total. The minimum absolute atomic E-state index is 0.174. The first-order valence-electron chi connectivity index (χ1n) is 6.80. The lowest BCUT2D eigenvalue weighted by Gasteiger charge is -2.18. The van der Waals surface area contributed by atoms with Crippen LogP contribution in [-0.2, 0) is 0 Å². The van der Waals surface area contributed by atoms with Crippen LogP contribution in [0.4, 0.5) is 5.69 Å². The molecule has 3 rings (SSSR count). The molecule has 0 aliphatic heterocycles. The van der Waals surface area contributed by atoms with E-state index in [0.29, 0.717) is 0 Å². The molecule has 1 heterocycles. The average molecular weight is 267 g/mol. The summed E-state index contributed by atoms with van der Waals surface area (Å²) in [4.78, 5) is 16.8. The molecule has 1 atom stereocenters. The van der Waals surface area contributed by atoms with E-state index in [2.05, 4.69) is 34.3 Å². The van der Waals surface area contributed by atoms with Crippen molar-refractivity contribution in [3.63, 3.8) is 0 Å². The summed E-state index contributed by atoms with van der Waals surface area (Å²) in [6.45, 7) is 2.15. The SMILES string of the molecule is CCC(Nc1ccc2[nH]c(=O)[nH]c2c1)c1ccccc1. The number of H-pyrrole nitrogens is 2. The maximum Gasteiger partial charge on any atom is 0.323 e. The van der Waals surface area contributed by atoms with Crippen molar-refractivity contribution >= 4 is 16.7 Å². The van der Waals surface area contributed by atoms with Crippen molar-refractivity contribution in [3.8, 4) is 0 Å². The fourth-order valence-corrected chi connectivity index (χ4v) is 2.43. The number of hydrogen-bond donors (Lipinski definition) is 3. The molecule has 0 bridgehead atoms. The van der Waals surface area contributed by atoms with E-state index in [9.17, 15) is 4.79 Å². The molecule has 0 saturated carbocycles. The first kappa shape index (κ1) is 12.5. The summed E-state index contributed by atoms with van der Waals surface area (Å²) in [5.41, 5.74) is 3.74. The second kappa shape index (κ2) is 5.25. The van der Waals surface area contributed by atoms with Crippen LogP contribution in [0, 0.1) is 0 Å². The third-order valence-electron chi connectivity index (χ3n) is 3.47. The Morgan fingerprint density at radius 3 is 2.55 bits per heavy atom. The standard InChI is InChI=1S/C16H17N3O/c1-2-13(11-6-4-3-5-7-11)17-12-8-9-14-15(10-12)19-16(20)18-14/h3-10,13,17H,2H2,1H3,(H2,18,19,20). The third-order valence-corrected chi connectivity index (χ3v) is 3.47. The monoisotopic (exact) mass is 267 g/mol. The Balaban J connectivity index is 1.89. The summed E-state index contributed by atoms with van der Waals surface area (Å²) in [6, 6.07) is 16.5. The van der Waals surface area contributed by atoms with Crippen molar-refractivity contribution < 1.29 is 0 Å². The van der Waals surface area contributed by atoms with E-state index in [1.807, 2.05) is 36.4 Å². The number of aromatic amines is 2. The van der Waals surface area contributed by atoms with Gasteiger partial charge in [0.15, 0.2) is 0 Å². The summed E-state index contributed by atoms with van der Waals surface area (Å²) in [6.07, 6.45) is 0.992. The Kier molecular flexibility index (Phi) is 3.29. The van der Waals surface area contributed by atoms with Crippen LogP contribution in [0.15, 0.2) is 53.3 Å². The lowest BCUT2D eigenvalue weighted by molar-refractivity contribution is 0.749. The van der Waals surface area contributed by atoms with Crippen LogP contribution < -0.4 is 11.0 Å². The van der Waals surface area contributed by atoms with Gasteiger partial charge in [0, 0.05) is 5.69 Å². The Morgan fingerprint density at radius 1 is 1.05 bits per heavy atom. The zero-order chi connectivity index (χ0) is 13.9. The van der Waals surface area contributed by atoms with Crippen LogP contribution in [0.25, 0.3) is 11.0 Å². The van der Waals surface area contributed by atoms with Crippen molar-refractivity contribution in [1.29, 1.82) is 0 Å². The maximum atomic E-state index is 11.3. The number of benzene rings is 2. The highest BCUT2D eigenvalue weighted by Crippen LogP contribution is 2.23. The minimum atomic E-state index is -0.174. The van der Waals surface area contributed by atoms with Crippen LogP contribution >= 0.6 is 0 Å². The largest absolute Gasteiger partial charge is 0.378 e. The van der Waals surface area contributed by atoms with E-state index >= 15 is 0 Å². The van der Waals surface area contributed by atoms with Crippen LogP contribution in [0.2, 0.25) is 0 Å². The lowest BCUT2D eigenvalue weighted by atomic mass is 10.0. The highest BCUT2D eigenvalue weighted by Gasteiger charge is 2.09. The quantitative estimate of drug-likeness (QED) is 0.678. The highest BCUT2D eigenvalue weighted by molar-refractivity contribution is 5.78. The summed E-state index contributed by atoms with van der Waals surface area (Å²) >= 11 is 0. The zero-order valence-electron chi connectivity index (χ0n) is 11.3. The Labute approximate surface area is 116 Å². The van der Waals surface area contributed by atoms with E-state index < -0.39 is 0 Å². The third kappa shape index (κ3) is 2.45. The van der Waals surface area contributed by atoms with Gasteiger partial charge < -0.3 is 15.3 Å². The second-order valence-corrected chi connectivity index (χ2v) is 4.86. The fourth-order valence-electron chi connectivity index (χ4n) is 2.43. The average Bonchev–Trinajstić information content (AvgIpc) is 2.85. The number of rotatable bonds is 4. The fraction of sp³-hybridized carbons (Fsp3) is 0.188. The van der Waals surface area contributed by atoms with Gasteiger partial charge in [0.25, 0.3) is 0 Å². The summed E-state index contributed by atoms with van der Waals surface area (Å²) in [5, 5.41) is 3.51. The molecule has 0 aliphatic rings. The topological polar surface area (TPSA) is 60.7 Å². The van der Waals surface area contributed by atoms with Gasteiger partial charge in [0.1, 0.15) is 0 Å². The molecule has 4 heteroatoms. The molecule has 3 aromatic rings. The second-order valence-electron chi connectivity index (χ2n) is 4.86. The molecule has 0 saturated heterocycles. The molecule has 0 aliphatic carbocycles. The zero-order valence-corrected chi connectivity index (χ0v) is 11.3. The molecule has 20 heavy (non-hydrogen) atoms. The van der Waals surface area contributed by atoms with Crippen molar-refractivity contribution in [3.05, 3.63) is 64.6 Å². The molecule has 0 amide bonds. The van der Waals surface area contributed by atoms with Crippen molar-refractivity contribution in [1.82, 2.24) is 9.97 Å². The summed E-state index contributed by atoms with van der Waals surface area (Å²) < 4.78 is 0. The Hall–Kier alpha value is -2.49. The molecule has 1 unspecified atom stereocenters. The van der Waals surface area contributed by atoms with E-state index in [4.69, 9.17) is 0 Å². The van der Waals surface area contributed by atoms with Crippen LogP contribution in [-0.4, -0.2) is 9.97 Å². The molecular formula is C16H17N3O. The maximum absolute atomic E-state index is 11.3. The molecule has 0 radical (unpaired) electrons. The number of anilines is 1. The molecule has 0 fully saturated rings. The Morgan fingerprint density at radius 2 is 1.80 bits per heavy atom. The molecule has 1 aromatic heterocycles. The van der Waals surface area contributed by atoms with Crippen LogP contribution in [0.3, 0.4) is 0 Å². The minimum Gasteiger partial charge on any atom is -0.378 e. The lowest BCUT2D eigenvalue weighted by Crippen LogP contribution is -2.09. The van der Waals surface area contributed by atoms with E-state index in [-0.39, 0.29) is 11.7 Å². The first-order chi connectivity index (χ1) is 9.76. The predicted molar refractivity (Wildman–Crippen MR) is 82.0 cm³/mol. The smallest absolute Gasteiger partial charge is 0.323 e. The van der Waals surface area contributed by atoms with Gasteiger partial charge in [-0.1, -0.05) is 37.3 Å². The molecule has 102 valence electrons. The Bertz CT molecular complexity index is 758. The summed E-state index contributed by atoms with van der Waals surface area (Å²) in [5.74, 6) is 0. The number of nitrogens with one attached hydrogen (secondary N) is 3. The molecule has 2 aromatic carbocycles. The van der Waals surface area contributed by atoms with Gasteiger partial charge in [0.05, 0.1) is 17.1 Å².